The van der Waals surface area contributed by atoms with E-state index in [2.05, 4.69) is 4.37 Å². The zero-order valence-corrected chi connectivity index (χ0v) is 20.3. The molecule has 0 aliphatic carbocycles. The van der Waals surface area contributed by atoms with Crippen LogP contribution in [0.5, 0.6) is 5.75 Å². The number of ether oxygens (including phenoxy) is 1. The van der Waals surface area contributed by atoms with Gasteiger partial charge in [0.15, 0.2) is 0 Å². The fourth-order valence-electron chi connectivity index (χ4n) is 3.91. The first kappa shape index (κ1) is 25.2. The number of hydrogen-bond donors (Lipinski definition) is 0. The maximum Gasteiger partial charge on any atom is 0.431 e. The Morgan fingerprint density at radius 1 is 1.14 bits per heavy atom. The van der Waals surface area contributed by atoms with E-state index in [4.69, 9.17) is 4.74 Å². The molecule has 36 heavy (non-hydrogen) atoms. The Labute approximate surface area is 206 Å². The summed E-state index contributed by atoms with van der Waals surface area (Å²) in [7, 11) is 0.939. The van der Waals surface area contributed by atoms with Crippen molar-refractivity contribution in [2.75, 3.05) is 0 Å². The lowest BCUT2D eigenvalue weighted by molar-refractivity contribution is -0.312. The van der Waals surface area contributed by atoms with Gasteiger partial charge in [-0.05, 0) is 67.7 Å². The highest BCUT2D eigenvalue weighted by atomic mass is 32.1. The third kappa shape index (κ3) is 4.39. The summed E-state index contributed by atoms with van der Waals surface area (Å²) in [5.41, 5.74) is -1.20. The van der Waals surface area contributed by atoms with Gasteiger partial charge in [-0.1, -0.05) is 6.07 Å². The van der Waals surface area contributed by atoms with E-state index in [1.54, 1.807) is 19.1 Å². The van der Waals surface area contributed by atoms with Gasteiger partial charge in [0, 0.05) is 24.1 Å². The monoisotopic (exact) mass is 518 g/mol. The quantitative estimate of drug-likeness (QED) is 0.402. The number of nitrogens with zero attached hydrogens (tertiary/aromatic N) is 3. The van der Waals surface area contributed by atoms with Gasteiger partial charge in [-0.25, -0.2) is 9.36 Å². The zero-order valence-electron chi connectivity index (χ0n) is 19.5. The molecule has 0 aliphatic rings. The van der Waals surface area contributed by atoms with E-state index in [0.717, 1.165) is 24.1 Å². The number of hydrogen-bond acceptors (Lipinski definition) is 7. The highest BCUT2D eigenvalue weighted by Crippen LogP contribution is 2.40. The number of aryl methyl sites for hydroxylation is 2. The summed E-state index contributed by atoms with van der Waals surface area (Å²) in [6.07, 6.45) is -6.12. The Bertz CT molecular complexity index is 1640. The molecule has 2 aromatic carbocycles. The van der Waals surface area contributed by atoms with Crippen molar-refractivity contribution in [3.8, 4) is 22.7 Å². The van der Waals surface area contributed by atoms with Gasteiger partial charge in [0.05, 0.1) is 22.1 Å². The van der Waals surface area contributed by atoms with Crippen LogP contribution in [0.25, 0.3) is 27.0 Å². The number of carboxylic acid groups (broad SMARTS) is 1. The summed E-state index contributed by atoms with van der Waals surface area (Å²) >= 11 is 1.12. The van der Waals surface area contributed by atoms with Crippen LogP contribution in [0, 0.1) is 13.8 Å². The van der Waals surface area contributed by atoms with E-state index in [1.165, 1.54) is 19.1 Å². The number of carbonyl (C=O) groups is 1. The molecule has 2 aromatic heterocycles. The summed E-state index contributed by atoms with van der Waals surface area (Å²) in [4.78, 5) is 36.6. The van der Waals surface area contributed by atoms with Crippen molar-refractivity contribution >= 4 is 27.6 Å². The van der Waals surface area contributed by atoms with Gasteiger partial charge in [-0.2, -0.15) is 17.5 Å². The SMILES string of the molecule is Cc1cc(C)c(OC(C)C(=O)[O-])c(-c2nsc3ccc(-n4c(=O)cc(C(F)(F)F)n(C)c4=O)cc23)c1. The van der Waals surface area contributed by atoms with Gasteiger partial charge >= 0.3 is 11.9 Å². The zero-order chi connectivity index (χ0) is 26.5. The van der Waals surface area contributed by atoms with Gasteiger partial charge in [-0.3, -0.25) is 9.36 Å². The molecule has 0 bridgehead atoms. The van der Waals surface area contributed by atoms with Crippen molar-refractivity contribution in [3.05, 3.63) is 74.1 Å². The molecule has 188 valence electrons. The van der Waals surface area contributed by atoms with Crippen LogP contribution in [0.3, 0.4) is 0 Å². The molecule has 0 saturated heterocycles. The van der Waals surface area contributed by atoms with Crippen LogP contribution in [0.4, 0.5) is 13.2 Å². The van der Waals surface area contributed by atoms with Crippen LogP contribution in [-0.2, 0) is 18.0 Å². The van der Waals surface area contributed by atoms with Gasteiger partial charge in [0.2, 0.25) is 0 Å². The number of fused-ring (bicyclic) bond motifs is 1. The maximum atomic E-state index is 13.2. The summed E-state index contributed by atoms with van der Waals surface area (Å²) in [6, 6.07) is 8.46. The van der Waals surface area contributed by atoms with Crippen LogP contribution < -0.4 is 21.1 Å². The molecule has 4 aromatic rings. The third-order valence-electron chi connectivity index (χ3n) is 5.62. The maximum absolute atomic E-state index is 13.2. The smallest absolute Gasteiger partial charge is 0.431 e. The number of benzene rings is 2. The Hall–Kier alpha value is -3.93. The summed E-state index contributed by atoms with van der Waals surface area (Å²) in [6.45, 7) is 4.93. The molecule has 0 fully saturated rings. The van der Waals surface area contributed by atoms with E-state index in [9.17, 15) is 32.7 Å². The Morgan fingerprint density at radius 2 is 1.83 bits per heavy atom. The number of rotatable bonds is 5. The number of halogens is 3. The first-order chi connectivity index (χ1) is 16.8. The second kappa shape index (κ2) is 8.94. The van der Waals surface area contributed by atoms with Gasteiger partial charge in [0.1, 0.15) is 17.5 Å². The Kier molecular flexibility index (Phi) is 6.25. The number of carbonyl (C=O) groups excluding carboxylic acids is 1. The molecule has 1 atom stereocenters. The van der Waals surface area contributed by atoms with E-state index >= 15 is 0 Å². The van der Waals surface area contributed by atoms with Crippen LogP contribution in [0.2, 0.25) is 0 Å². The molecule has 1 unspecified atom stereocenters. The molecule has 0 N–H and O–H groups in total. The van der Waals surface area contributed by atoms with E-state index < -0.39 is 35.2 Å². The largest absolute Gasteiger partial charge is 0.546 e. The van der Waals surface area contributed by atoms with Crippen molar-refractivity contribution in [3.63, 3.8) is 0 Å². The number of aliphatic carboxylic acids is 1. The predicted octanol–water partition coefficient (Wildman–Crippen LogP) is 2.97. The molecule has 0 aliphatic heterocycles. The second-order valence-corrected chi connectivity index (χ2v) is 9.10. The molecule has 4 rings (SSSR count). The van der Waals surface area contributed by atoms with Gasteiger partial charge in [0.25, 0.3) is 5.56 Å². The average Bonchev–Trinajstić information content (AvgIpc) is 3.20. The van der Waals surface area contributed by atoms with Crippen molar-refractivity contribution in [1.82, 2.24) is 13.5 Å². The normalized spacial score (nSPS) is 12.6. The van der Waals surface area contributed by atoms with Gasteiger partial charge < -0.3 is 14.6 Å². The molecule has 0 saturated carbocycles. The van der Waals surface area contributed by atoms with Crippen LogP contribution in [0.1, 0.15) is 23.7 Å². The standard InChI is InChI=1S/C24H20F3N3O5S/c1-11-7-12(2)21(35-13(3)22(32)33)16(8-11)20-15-9-14(5-6-17(15)36-28-20)30-19(31)10-18(24(25,26)27)29(4)23(30)34/h5-10,13H,1-4H3,(H,32,33)/p-1. The Balaban J connectivity index is 1.94. The lowest BCUT2D eigenvalue weighted by atomic mass is 10.0. The van der Waals surface area contributed by atoms with Crippen molar-refractivity contribution in [1.29, 1.82) is 0 Å². The van der Waals surface area contributed by atoms with Crippen molar-refractivity contribution in [2.24, 2.45) is 7.05 Å². The van der Waals surface area contributed by atoms with E-state index in [1.807, 2.05) is 13.0 Å². The molecule has 0 radical (unpaired) electrons. The molecule has 12 heteroatoms. The summed E-state index contributed by atoms with van der Waals surface area (Å²) < 4.78 is 51.5. The van der Waals surface area contributed by atoms with Crippen LogP contribution in [0.15, 0.2) is 46.0 Å². The Morgan fingerprint density at radius 3 is 2.47 bits per heavy atom. The molecular weight excluding hydrogens is 499 g/mol. The summed E-state index contributed by atoms with van der Waals surface area (Å²) in [5, 5.41) is 11.8. The van der Waals surface area contributed by atoms with Crippen LogP contribution >= 0.6 is 11.5 Å². The fourth-order valence-corrected chi connectivity index (χ4v) is 4.68. The molecular formula is C24H19F3N3O5S-. The first-order valence-electron chi connectivity index (χ1n) is 10.6. The highest BCUT2D eigenvalue weighted by molar-refractivity contribution is 7.13. The minimum absolute atomic E-state index is 0.0539. The van der Waals surface area contributed by atoms with E-state index in [-0.39, 0.29) is 11.4 Å². The molecule has 0 amide bonds. The molecule has 2 heterocycles. The van der Waals surface area contributed by atoms with Crippen molar-refractivity contribution in [2.45, 2.75) is 33.1 Å². The topological polar surface area (TPSA) is 106 Å². The lowest BCUT2D eigenvalue weighted by Crippen LogP contribution is -2.40. The average molecular weight is 518 g/mol. The number of carboxylic acids is 1. The summed E-state index contributed by atoms with van der Waals surface area (Å²) in [5.74, 6) is -1.12. The fraction of sp³-hybridized carbons (Fsp3) is 0.250. The molecule has 0 spiro atoms. The molecule has 8 nitrogen and oxygen atoms in total. The third-order valence-corrected chi connectivity index (χ3v) is 6.45. The highest BCUT2D eigenvalue weighted by Gasteiger charge is 2.35. The lowest BCUT2D eigenvalue weighted by Gasteiger charge is -2.20. The number of aromatic nitrogens is 3. The van der Waals surface area contributed by atoms with Crippen molar-refractivity contribution < 1.29 is 27.8 Å². The second-order valence-electron chi connectivity index (χ2n) is 8.29. The van der Waals surface area contributed by atoms with Crippen LogP contribution in [-0.4, -0.2) is 25.6 Å². The predicted molar refractivity (Wildman–Crippen MR) is 125 cm³/mol. The van der Waals surface area contributed by atoms with E-state index in [0.29, 0.717) is 42.1 Å². The first-order valence-corrected chi connectivity index (χ1v) is 11.4. The minimum Gasteiger partial charge on any atom is -0.546 e. The van der Waals surface area contributed by atoms with Gasteiger partial charge in [-0.15, -0.1) is 0 Å². The minimum atomic E-state index is -4.87. The number of alkyl halides is 3.